The molecule has 25 heavy (non-hydrogen) atoms. The molecule has 6 nitrogen and oxygen atoms in total. The monoisotopic (exact) mass is 418 g/mol. The molecule has 2 aromatic heterocycles. The van der Waals surface area contributed by atoms with Gasteiger partial charge in [-0.1, -0.05) is 12.1 Å². The number of para-hydroxylation sites is 1. The molecule has 2 heterocycles. The van der Waals surface area contributed by atoms with Gasteiger partial charge in [-0.2, -0.15) is 10.2 Å². The van der Waals surface area contributed by atoms with Gasteiger partial charge in [0.2, 0.25) is 0 Å². The lowest BCUT2D eigenvalue weighted by Crippen LogP contribution is -2.18. The summed E-state index contributed by atoms with van der Waals surface area (Å²) in [5.74, 6) is 0.330. The average Bonchev–Trinajstić information content (AvgIpc) is 3.25. The molecule has 1 amide bonds. The van der Waals surface area contributed by atoms with E-state index < -0.39 is 0 Å². The Morgan fingerprint density at radius 2 is 2.24 bits per heavy atom. The molecule has 1 aromatic carbocycles. The van der Waals surface area contributed by atoms with E-state index in [1.54, 1.807) is 23.6 Å². The number of amides is 1. The SMILES string of the molecule is CCOc1ccccc1/C=N\NC(=O)c1cc(-c2ccc(Br)s2)[nH]n1. The lowest BCUT2D eigenvalue weighted by Gasteiger charge is -2.05. The van der Waals surface area contributed by atoms with Crippen molar-refractivity contribution in [3.63, 3.8) is 0 Å². The van der Waals surface area contributed by atoms with E-state index in [1.807, 2.05) is 43.3 Å². The molecule has 0 aliphatic rings. The lowest BCUT2D eigenvalue weighted by atomic mass is 10.2. The number of H-pyrrole nitrogens is 1. The van der Waals surface area contributed by atoms with E-state index in [9.17, 15) is 4.79 Å². The molecular formula is C17H15BrN4O2S. The number of nitrogens with one attached hydrogen (secondary N) is 2. The van der Waals surface area contributed by atoms with Crippen molar-refractivity contribution in [3.8, 4) is 16.3 Å². The van der Waals surface area contributed by atoms with Gasteiger partial charge < -0.3 is 4.74 Å². The molecule has 0 spiro atoms. The minimum absolute atomic E-state index is 0.273. The number of rotatable bonds is 6. The fourth-order valence-corrected chi connectivity index (χ4v) is 3.47. The van der Waals surface area contributed by atoms with Crippen LogP contribution in [0.1, 0.15) is 23.0 Å². The Labute approximate surface area is 157 Å². The van der Waals surface area contributed by atoms with E-state index >= 15 is 0 Å². The van der Waals surface area contributed by atoms with Crippen LogP contribution in [0.4, 0.5) is 0 Å². The average molecular weight is 419 g/mol. The highest BCUT2D eigenvalue weighted by atomic mass is 79.9. The van der Waals surface area contributed by atoms with Gasteiger partial charge in [0.25, 0.3) is 5.91 Å². The standard InChI is InChI=1S/C17H15BrN4O2S/c1-2-24-14-6-4-3-5-11(14)10-19-22-17(23)13-9-12(20-21-13)15-7-8-16(18)25-15/h3-10H,2H2,1H3,(H,20,21)(H,22,23)/b19-10-. The summed E-state index contributed by atoms with van der Waals surface area (Å²) >= 11 is 4.97. The number of ether oxygens (including phenoxy) is 1. The largest absolute Gasteiger partial charge is 0.493 e. The zero-order chi connectivity index (χ0) is 17.6. The second kappa shape index (κ2) is 8.09. The molecule has 3 aromatic rings. The number of hydrogen-bond acceptors (Lipinski definition) is 5. The van der Waals surface area contributed by atoms with Crippen LogP contribution in [0.3, 0.4) is 0 Å². The maximum atomic E-state index is 12.2. The molecule has 0 saturated carbocycles. The van der Waals surface area contributed by atoms with E-state index in [0.29, 0.717) is 12.4 Å². The Morgan fingerprint density at radius 3 is 3.00 bits per heavy atom. The summed E-state index contributed by atoms with van der Waals surface area (Å²) in [4.78, 5) is 13.1. The molecule has 3 rings (SSSR count). The maximum Gasteiger partial charge on any atom is 0.291 e. The Kier molecular flexibility index (Phi) is 5.62. The predicted octanol–water partition coefficient (Wildman–Crippen LogP) is 4.06. The van der Waals surface area contributed by atoms with E-state index in [-0.39, 0.29) is 11.6 Å². The van der Waals surface area contributed by atoms with Crippen molar-refractivity contribution in [1.82, 2.24) is 15.6 Å². The molecule has 0 saturated heterocycles. The van der Waals surface area contributed by atoms with Gasteiger partial charge in [-0.15, -0.1) is 11.3 Å². The van der Waals surface area contributed by atoms with Crippen molar-refractivity contribution in [1.29, 1.82) is 0 Å². The summed E-state index contributed by atoms with van der Waals surface area (Å²) in [7, 11) is 0. The number of aromatic nitrogens is 2. The summed E-state index contributed by atoms with van der Waals surface area (Å²) < 4.78 is 6.52. The van der Waals surface area contributed by atoms with Crippen LogP contribution >= 0.6 is 27.3 Å². The van der Waals surface area contributed by atoms with Gasteiger partial charge in [0.05, 0.1) is 27.2 Å². The number of carbonyl (C=O) groups is 1. The van der Waals surface area contributed by atoms with Gasteiger partial charge >= 0.3 is 0 Å². The zero-order valence-corrected chi connectivity index (χ0v) is 15.7. The minimum atomic E-state index is -0.386. The third-order valence-corrected chi connectivity index (χ3v) is 4.89. The number of hydrogen-bond donors (Lipinski definition) is 2. The molecular weight excluding hydrogens is 404 g/mol. The van der Waals surface area contributed by atoms with Gasteiger partial charge in [-0.05, 0) is 53.2 Å². The summed E-state index contributed by atoms with van der Waals surface area (Å²) in [5.41, 5.74) is 4.32. The number of benzene rings is 1. The summed E-state index contributed by atoms with van der Waals surface area (Å²) in [6.45, 7) is 2.48. The number of thiophene rings is 1. The van der Waals surface area contributed by atoms with Crippen LogP contribution < -0.4 is 10.2 Å². The highest BCUT2D eigenvalue weighted by Gasteiger charge is 2.12. The van der Waals surface area contributed by atoms with Crippen molar-refractivity contribution in [2.75, 3.05) is 6.61 Å². The lowest BCUT2D eigenvalue weighted by molar-refractivity contribution is 0.0950. The molecule has 0 bridgehead atoms. The summed E-state index contributed by atoms with van der Waals surface area (Å²) in [5, 5.41) is 10.9. The molecule has 0 radical (unpaired) electrons. The highest BCUT2D eigenvalue weighted by molar-refractivity contribution is 9.11. The van der Waals surface area contributed by atoms with Gasteiger partial charge in [0, 0.05) is 5.56 Å². The van der Waals surface area contributed by atoms with Crippen molar-refractivity contribution in [3.05, 3.63) is 57.5 Å². The molecule has 0 aliphatic heterocycles. The number of carbonyl (C=O) groups excluding carboxylic acids is 1. The van der Waals surface area contributed by atoms with E-state index in [4.69, 9.17) is 4.74 Å². The smallest absolute Gasteiger partial charge is 0.291 e. The molecule has 0 fully saturated rings. The van der Waals surface area contributed by atoms with Crippen LogP contribution in [0.5, 0.6) is 5.75 Å². The van der Waals surface area contributed by atoms with Crippen LogP contribution in [0.25, 0.3) is 10.6 Å². The topological polar surface area (TPSA) is 79.4 Å². The Morgan fingerprint density at radius 1 is 1.40 bits per heavy atom. The highest BCUT2D eigenvalue weighted by Crippen LogP contribution is 2.30. The molecule has 128 valence electrons. The van der Waals surface area contributed by atoms with Crippen LogP contribution in [0.15, 0.2) is 51.4 Å². The van der Waals surface area contributed by atoms with Crippen LogP contribution in [0, 0.1) is 0 Å². The zero-order valence-electron chi connectivity index (χ0n) is 13.3. The fraction of sp³-hybridized carbons (Fsp3) is 0.118. The number of halogens is 1. The van der Waals surface area contributed by atoms with Crippen molar-refractivity contribution >= 4 is 39.4 Å². The third kappa shape index (κ3) is 4.34. The predicted molar refractivity (Wildman–Crippen MR) is 102 cm³/mol. The molecule has 0 atom stereocenters. The molecule has 0 aliphatic carbocycles. The Bertz CT molecular complexity index is 903. The quantitative estimate of drug-likeness (QED) is 0.467. The number of nitrogens with zero attached hydrogens (tertiary/aromatic N) is 2. The van der Waals surface area contributed by atoms with Crippen LogP contribution in [0.2, 0.25) is 0 Å². The van der Waals surface area contributed by atoms with Crippen molar-refractivity contribution < 1.29 is 9.53 Å². The molecule has 8 heteroatoms. The summed E-state index contributed by atoms with van der Waals surface area (Å²) in [6, 6.07) is 13.1. The van der Waals surface area contributed by atoms with Gasteiger partial charge in [-0.25, -0.2) is 5.43 Å². The van der Waals surface area contributed by atoms with Gasteiger partial charge in [0.1, 0.15) is 5.75 Å². The third-order valence-electron chi connectivity index (χ3n) is 3.24. The Hall–Kier alpha value is -2.45. The van der Waals surface area contributed by atoms with E-state index in [2.05, 4.69) is 36.7 Å². The van der Waals surface area contributed by atoms with Gasteiger partial charge in [-0.3, -0.25) is 9.89 Å². The fourth-order valence-electron chi connectivity index (χ4n) is 2.12. The first-order chi connectivity index (χ1) is 12.2. The van der Waals surface area contributed by atoms with Crippen molar-refractivity contribution in [2.45, 2.75) is 6.92 Å². The molecule has 0 unspecified atom stereocenters. The first-order valence-corrected chi connectivity index (χ1v) is 9.14. The van der Waals surface area contributed by atoms with Crippen LogP contribution in [-0.4, -0.2) is 28.9 Å². The normalized spacial score (nSPS) is 11.0. The van der Waals surface area contributed by atoms with E-state index in [1.165, 1.54) is 0 Å². The number of aromatic amines is 1. The second-order valence-corrected chi connectivity index (χ2v) is 7.40. The first kappa shape index (κ1) is 17.4. The Balaban J connectivity index is 1.66. The second-order valence-electron chi connectivity index (χ2n) is 4.94. The first-order valence-electron chi connectivity index (χ1n) is 7.53. The summed E-state index contributed by atoms with van der Waals surface area (Å²) in [6.07, 6.45) is 1.55. The van der Waals surface area contributed by atoms with E-state index in [0.717, 1.165) is 19.9 Å². The van der Waals surface area contributed by atoms with Crippen molar-refractivity contribution in [2.24, 2.45) is 5.10 Å². The maximum absolute atomic E-state index is 12.2. The molecule has 2 N–H and O–H groups in total. The van der Waals surface area contributed by atoms with Gasteiger partial charge in [0.15, 0.2) is 5.69 Å². The number of hydrazone groups is 1. The van der Waals surface area contributed by atoms with Crippen LogP contribution in [-0.2, 0) is 0 Å². The minimum Gasteiger partial charge on any atom is -0.493 e.